The smallest absolute Gasteiger partial charge is 0.0648 e. The van der Waals surface area contributed by atoms with Crippen LogP contribution in [0.5, 0.6) is 0 Å². The number of benzene rings is 1. The van der Waals surface area contributed by atoms with Crippen LogP contribution in [-0.2, 0) is 6.54 Å². The van der Waals surface area contributed by atoms with Crippen molar-refractivity contribution in [3.63, 3.8) is 0 Å². The molecule has 0 N–H and O–H groups in total. The summed E-state index contributed by atoms with van der Waals surface area (Å²) >= 11 is 3.40. The van der Waals surface area contributed by atoms with Crippen molar-refractivity contribution in [2.75, 3.05) is 0 Å². The molecular weight excluding hydrogens is 288 g/mol. The van der Waals surface area contributed by atoms with E-state index in [9.17, 15) is 0 Å². The monoisotopic (exact) mass is 300 g/mol. The molecule has 0 amide bonds. The van der Waals surface area contributed by atoms with Crippen LogP contribution in [0.4, 0.5) is 0 Å². The van der Waals surface area contributed by atoms with Crippen molar-refractivity contribution in [3.8, 4) is 0 Å². The highest BCUT2D eigenvalue weighted by atomic mass is 79.9. The van der Waals surface area contributed by atoms with Gasteiger partial charge in [0.05, 0.1) is 12.2 Å². The van der Waals surface area contributed by atoms with E-state index in [2.05, 4.69) is 62.9 Å². The molecule has 2 heterocycles. The van der Waals surface area contributed by atoms with Crippen LogP contribution < -0.4 is 0 Å². The molecule has 3 rings (SSSR count). The third-order valence-electron chi connectivity index (χ3n) is 3.05. The van der Waals surface area contributed by atoms with Crippen LogP contribution in [0.3, 0.4) is 0 Å². The van der Waals surface area contributed by atoms with E-state index >= 15 is 0 Å². The molecule has 0 radical (unpaired) electrons. The van der Waals surface area contributed by atoms with Gasteiger partial charge in [-0.3, -0.25) is 4.98 Å². The number of pyridine rings is 1. The van der Waals surface area contributed by atoms with Crippen molar-refractivity contribution >= 4 is 26.8 Å². The van der Waals surface area contributed by atoms with E-state index in [1.54, 1.807) is 0 Å². The molecule has 3 heteroatoms. The molecule has 0 saturated carbocycles. The van der Waals surface area contributed by atoms with Crippen LogP contribution in [0.1, 0.15) is 11.3 Å². The maximum atomic E-state index is 4.41. The molecule has 0 aliphatic carbocycles. The molecule has 18 heavy (non-hydrogen) atoms. The Kier molecular flexibility index (Phi) is 2.92. The zero-order chi connectivity index (χ0) is 12.5. The Morgan fingerprint density at radius 2 is 2.06 bits per heavy atom. The third kappa shape index (κ3) is 2.18. The van der Waals surface area contributed by atoms with Gasteiger partial charge in [0.25, 0.3) is 0 Å². The molecule has 0 fully saturated rings. The highest BCUT2D eigenvalue weighted by molar-refractivity contribution is 9.10. The van der Waals surface area contributed by atoms with Gasteiger partial charge >= 0.3 is 0 Å². The summed E-state index contributed by atoms with van der Waals surface area (Å²) in [6, 6.07) is 12.8. The molecule has 0 spiro atoms. The van der Waals surface area contributed by atoms with Crippen molar-refractivity contribution in [3.05, 3.63) is 64.5 Å². The fraction of sp³-hybridized carbons (Fsp3) is 0.133. The van der Waals surface area contributed by atoms with Crippen molar-refractivity contribution < 1.29 is 0 Å². The highest BCUT2D eigenvalue weighted by Crippen LogP contribution is 2.18. The minimum atomic E-state index is 0.805. The van der Waals surface area contributed by atoms with E-state index in [0.29, 0.717) is 0 Å². The molecule has 0 aliphatic heterocycles. The SMILES string of the molecule is Cc1ccc2c(ccn2Cc2ccc(Br)cn2)c1. The Hall–Kier alpha value is -1.61. The first kappa shape index (κ1) is 11.5. The molecule has 90 valence electrons. The fourth-order valence-electron chi connectivity index (χ4n) is 2.13. The van der Waals surface area contributed by atoms with Gasteiger partial charge in [0.2, 0.25) is 0 Å². The van der Waals surface area contributed by atoms with Gasteiger partial charge in [-0.05, 0) is 58.6 Å². The summed E-state index contributed by atoms with van der Waals surface area (Å²) in [5, 5.41) is 1.28. The van der Waals surface area contributed by atoms with E-state index in [4.69, 9.17) is 0 Å². The maximum absolute atomic E-state index is 4.41. The number of hydrogen-bond donors (Lipinski definition) is 0. The van der Waals surface area contributed by atoms with E-state index in [0.717, 1.165) is 16.7 Å². The lowest BCUT2D eigenvalue weighted by Gasteiger charge is -2.05. The minimum Gasteiger partial charge on any atom is -0.341 e. The predicted molar refractivity (Wildman–Crippen MR) is 77.7 cm³/mol. The summed E-state index contributed by atoms with van der Waals surface area (Å²) < 4.78 is 3.24. The predicted octanol–water partition coefficient (Wildman–Crippen LogP) is 4.16. The Bertz CT molecular complexity index is 683. The molecule has 0 aliphatic rings. The lowest BCUT2D eigenvalue weighted by Crippen LogP contribution is -1.99. The van der Waals surface area contributed by atoms with Gasteiger partial charge in [-0.15, -0.1) is 0 Å². The van der Waals surface area contributed by atoms with Crippen molar-refractivity contribution in [1.82, 2.24) is 9.55 Å². The molecule has 0 unspecified atom stereocenters. The molecule has 0 saturated heterocycles. The highest BCUT2D eigenvalue weighted by Gasteiger charge is 2.02. The average molecular weight is 301 g/mol. The van der Waals surface area contributed by atoms with Crippen LogP contribution in [0, 0.1) is 6.92 Å². The first-order valence-electron chi connectivity index (χ1n) is 5.88. The molecule has 0 atom stereocenters. The van der Waals surface area contributed by atoms with E-state index in [1.165, 1.54) is 16.5 Å². The van der Waals surface area contributed by atoms with Gasteiger partial charge in [-0.1, -0.05) is 11.6 Å². The number of fused-ring (bicyclic) bond motifs is 1. The van der Waals surface area contributed by atoms with E-state index < -0.39 is 0 Å². The lowest BCUT2D eigenvalue weighted by molar-refractivity contribution is 0.807. The van der Waals surface area contributed by atoms with Crippen LogP contribution in [0.15, 0.2) is 53.3 Å². The van der Waals surface area contributed by atoms with Gasteiger partial charge < -0.3 is 4.57 Å². The molecule has 2 aromatic heterocycles. The standard InChI is InChI=1S/C15H13BrN2/c1-11-2-5-15-12(8-11)6-7-18(15)10-14-4-3-13(16)9-17-14/h2-9H,10H2,1H3. The van der Waals surface area contributed by atoms with Crippen LogP contribution in [0.25, 0.3) is 10.9 Å². The summed E-state index contributed by atoms with van der Waals surface area (Å²) in [6.45, 7) is 2.92. The number of hydrogen-bond acceptors (Lipinski definition) is 1. The fourth-order valence-corrected chi connectivity index (χ4v) is 2.37. The van der Waals surface area contributed by atoms with E-state index in [-0.39, 0.29) is 0 Å². The van der Waals surface area contributed by atoms with Crippen molar-refractivity contribution in [1.29, 1.82) is 0 Å². The summed E-state index contributed by atoms with van der Waals surface area (Å²) in [5.41, 5.74) is 3.61. The number of aryl methyl sites for hydroxylation is 1. The Morgan fingerprint density at radius 3 is 2.83 bits per heavy atom. The van der Waals surface area contributed by atoms with Gasteiger partial charge in [-0.25, -0.2) is 0 Å². The lowest BCUT2D eigenvalue weighted by atomic mass is 10.2. The number of rotatable bonds is 2. The Balaban J connectivity index is 1.97. The summed E-state index contributed by atoms with van der Waals surface area (Å²) in [7, 11) is 0. The second-order valence-electron chi connectivity index (χ2n) is 4.47. The van der Waals surface area contributed by atoms with Crippen molar-refractivity contribution in [2.24, 2.45) is 0 Å². The second kappa shape index (κ2) is 4.58. The zero-order valence-electron chi connectivity index (χ0n) is 10.1. The van der Waals surface area contributed by atoms with Crippen LogP contribution in [-0.4, -0.2) is 9.55 Å². The average Bonchev–Trinajstić information content (AvgIpc) is 2.74. The van der Waals surface area contributed by atoms with Crippen molar-refractivity contribution in [2.45, 2.75) is 13.5 Å². The molecule has 2 nitrogen and oxygen atoms in total. The summed E-state index contributed by atoms with van der Waals surface area (Å²) in [4.78, 5) is 4.41. The first-order valence-corrected chi connectivity index (χ1v) is 6.67. The first-order chi connectivity index (χ1) is 8.72. The normalized spacial score (nSPS) is 11.0. The van der Waals surface area contributed by atoms with Crippen LogP contribution >= 0.6 is 15.9 Å². The molecular formula is C15H13BrN2. The van der Waals surface area contributed by atoms with E-state index in [1.807, 2.05) is 18.3 Å². The third-order valence-corrected chi connectivity index (χ3v) is 3.52. The van der Waals surface area contributed by atoms with Gasteiger partial charge in [0.15, 0.2) is 0 Å². The maximum Gasteiger partial charge on any atom is 0.0648 e. The number of halogens is 1. The van der Waals surface area contributed by atoms with Crippen LogP contribution in [0.2, 0.25) is 0 Å². The largest absolute Gasteiger partial charge is 0.341 e. The Labute approximate surface area is 114 Å². The minimum absolute atomic E-state index is 0.805. The Morgan fingerprint density at radius 1 is 1.17 bits per heavy atom. The quantitative estimate of drug-likeness (QED) is 0.695. The number of nitrogens with zero attached hydrogens (tertiary/aromatic N) is 2. The van der Waals surface area contributed by atoms with Gasteiger partial charge in [0.1, 0.15) is 0 Å². The number of aromatic nitrogens is 2. The molecule has 1 aromatic carbocycles. The second-order valence-corrected chi connectivity index (χ2v) is 5.39. The zero-order valence-corrected chi connectivity index (χ0v) is 11.7. The summed E-state index contributed by atoms with van der Waals surface area (Å²) in [6.07, 6.45) is 3.96. The topological polar surface area (TPSA) is 17.8 Å². The van der Waals surface area contributed by atoms with Gasteiger partial charge in [-0.2, -0.15) is 0 Å². The molecule has 0 bridgehead atoms. The van der Waals surface area contributed by atoms with Gasteiger partial charge in [0, 0.05) is 22.4 Å². The summed E-state index contributed by atoms with van der Waals surface area (Å²) in [5.74, 6) is 0. The molecule has 3 aromatic rings.